The molecule has 0 amide bonds. The first kappa shape index (κ1) is 13.4. The number of halogens is 1. The van der Waals surface area contributed by atoms with Crippen LogP contribution >= 0.6 is 15.9 Å². The van der Waals surface area contributed by atoms with E-state index >= 15 is 0 Å². The van der Waals surface area contributed by atoms with E-state index in [2.05, 4.69) is 33.8 Å². The molecule has 1 saturated heterocycles. The molecule has 1 aromatic carbocycles. The van der Waals surface area contributed by atoms with Crippen LogP contribution in [0.1, 0.15) is 25.3 Å². The lowest BCUT2D eigenvalue weighted by Crippen LogP contribution is -2.42. The highest BCUT2D eigenvalue weighted by molar-refractivity contribution is 9.10. The largest absolute Gasteiger partial charge is 0.370 e. The molecule has 1 aromatic rings. The van der Waals surface area contributed by atoms with Crippen molar-refractivity contribution in [1.29, 1.82) is 5.26 Å². The number of hydrogen-bond donors (Lipinski definition) is 1. The van der Waals surface area contributed by atoms with E-state index in [1.165, 1.54) is 6.42 Å². The van der Waals surface area contributed by atoms with Gasteiger partial charge in [0, 0.05) is 23.6 Å². The lowest BCUT2D eigenvalue weighted by molar-refractivity contribution is 0.364. The van der Waals surface area contributed by atoms with Crippen LogP contribution in [-0.4, -0.2) is 19.1 Å². The maximum atomic E-state index is 9.20. The molecule has 1 heterocycles. The van der Waals surface area contributed by atoms with Crippen molar-refractivity contribution in [2.45, 2.75) is 25.8 Å². The van der Waals surface area contributed by atoms with Crippen molar-refractivity contribution in [2.24, 2.45) is 11.7 Å². The Labute approximate surface area is 117 Å². The number of nitrogens with two attached hydrogens (primary N) is 1. The van der Waals surface area contributed by atoms with Gasteiger partial charge in [0.15, 0.2) is 0 Å². The number of hydrogen-bond acceptors (Lipinski definition) is 3. The highest BCUT2D eigenvalue weighted by atomic mass is 79.9. The van der Waals surface area contributed by atoms with Gasteiger partial charge >= 0.3 is 0 Å². The Morgan fingerprint density at radius 3 is 3.00 bits per heavy atom. The van der Waals surface area contributed by atoms with Gasteiger partial charge in [0.25, 0.3) is 0 Å². The maximum absolute atomic E-state index is 9.20. The molecule has 18 heavy (non-hydrogen) atoms. The standard InChI is InChI=1S/C14H18BrN3/c1-10(17)12-3-2-6-18(9-12)14-7-13(15)5-4-11(14)8-16/h4-5,7,10,12H,2-3,6,9,17H2,1H3. The molecule has 0 radical (unpaired) electrons. The zero-order valence-electron chi connectivity index (χ0n) is 10.6. The fraction of sp³-hybridized carbons (Fsp3) is 0.500. The molecule has 96 valence electrons. The predicted molar refractivity (Wildman–Crippen MR) is 77.4 cm³/mol. The van der Waals surface area contributed by atoms with Gasteiger partial charge in [-0.15, -0.1) is 0 Å². The molecule has 0 saturated carbocycles. The van der Waals surface area contributed by atoms with E-state index in [9.17, 15) is 5.26 Å². The Kier molecular flexibility index (Phi) is 4.26. The molecule has 0 bridgehead atoms. The molecule has 2 N–H and O–H groups in total. The molecule has 0 aliphatic carbocycles. The summed E-state index contributed by atoms with van der Waals surface area (Å²) in [6, 6.07) is 8.30. The topological polar surface area (TPSA) is 53.0 Å². The van der Waals surface area contributed by atoms with Crippen LogP contribution < -0.4 is 10.6 Å². The number of piperidine rings is 1. The molecule has 2 unspecified atom stereocenters. The van der Waals surface area contributed by atoms with Gasteiger partial charge in [-0.2, -0.15) is 5.26 Å². The van der Waals surface area contributed by atoms with Crippen LogP contribution in [0.4, 0.5) is 5.69 Å². The molecule has 4 heteroatoms. The Balaban J connectivity index is 2.25. The fourth-order valence-corrected chi connectivity index (χ4v) is 2.87. The van der Waals surface area contributed by atoms with Crippen LogP contribution in [0.15, 0.2) is 22.7 Å². The quantitative estimate of drug-likeness (QED) is 0.914. The second kappa shape index (κ2) is 5.73. The minimum absolute atomic E-state index is 0.213. The second-order valence-corrected chi connectivity index (χ2v) is 5.90. The van der Waals surface area contributed by atoms with Crippen molar-refractivity contribution >= 4 is 21.6 Å². The number of nitriles is 1. The Hall–Kier alpha value is -1.05. The zero-order chi connectivity index (χ0) is 13.1. The van der Waals surface area contributed by atoms with E-state index in [0.717, 1.165) is 35.2 Å². The molecule has 1 aliphatic rings. The average Bonchev–Trinajstić information content (AvgIpc) is 2.39. The first-order chi connectivity index (χ1) is 8.61. The maximum Gasteiger partial charge on any atom is 0.101 e. The highest BCUT2D eigenvalue weighted by Crippen LogP contribution is 2.29. The van der Waals surface area contributed by atoms with Crippen molar-refractivity contribution in [3.8, 4) is 6.07 Å². The smallest absolute Gasteiger partial charge is 0.101 e. The van der Waals surface area contributed by atoms with E-state index in [0.29, 0.717) is 5.92 Å². The number of nitrogens with zero attached hydrogens (tertiary/aromatic N) is 2. The summed E-state index contributed by atoms with van der Waals surface area (Å²) < 4.78 is 1.01. The van der Waals surface area contributed by atoms with Crippen LogP contribution in [0.5, 0.6) is 0 Å². The van der Waals surface area contributed by atoms with E-state index in [1.54, 1.807) is 0 Å². The van der Waals surface area contributed by atoms with Crippen molar-refractivity contribution < 1.29 is 0 Å². The number of rotatable bonds is 2. The summed E-state index contributed by atoms with van der Waals surface area (Å²) in [4.78, 5) is 2.29. The van der Waals surface area contributed by atoms with Gasteiger partial charge in [-0.05, 0) is 43.9 Å². The molecule has 0 spiro atoms. The van der Waals surface area contributed by atoms with E-state index in [-0.39, 0.29) is 6.04 Å². The third-order valence-electron chi connectivity index (χ3n) is 3.62. The number of benzene rings is 1. The van der Waals surface area contributed by atoms with Crippen LogP contribution in [0.3, 0.4) is 0 Å². The summed E-state index contributed by atoms with van der Waals surface area (Å²) in [6.07, 6.45) is 2.33. The number of anilines is 1. The van der Waals surface area contributed by atoms with Crippen LogP contribution in [0.2, 0.25) is 0 Å². The highest BCUT2D eigenvalue weighted by Gasteiger charge is 2.24. The van der Waals surface area contributed by atoms with Gasteiger partial charge in [0.2, 0.25) is 0 Å². The Morgan fingerprint density at radius 1 is 1.56 bits per heavy atom. The predicted octanol–water partition coefficient (Wildman–Crippen LogP) is 2.88. The van der Waals surface area contributed by atoms with E-state index in [4.69, 9.17) is 5.73 Å². The van der Waals surface area contributed by atoms with Gasteiger partial charge in [-0.1, -0.05) is 15.9 Å². The van der Waals surface area contributed by atoms with Gasteiger partial charge < -0.3 is 10.6 Å². The third-order valence-corrected chi connectivity index (χ3v) is 4.12. The zero-order valence-corrected chi connectivity index (χ0v) is 12.2. The lowest BCUT2D eigenvalue weighted by Gasteiger charge is -2.36. The molecule has 3 nitrogen and oxygen atoms in total. The van der Waals surface area contributed by atoms with Gasteiger partial charge in [0.05, 0.1) is 11.3 Å². The van der Waals surface area contributed by atoms with Crippen molar-refractivity contribution in [3.05, 3.63) is 28.2 Å². The van der Waals surface area contributed by atoms with Crippen molar-refractivity contribution in [1.82, 2.24) is 0 Å². The molecule has 0 aromatic heterocycles. The molecule has 1 aliphatic heterocycles. The molecular formula is C14H18BrN3. The summed E-state index contributed by atoms with van der Waals surface area (Å²) in [5.74, 6) is 0.518. The SMILES string of the molecule is CC(N)C1CCCN(c2cc(Br)ccc2C#N)C1. The van der Waals surface area contributed by atoms with E-state index < -0.39 is 0 Å². The van der Waals surface area contributed by atoms with Crippen LogP contribution in [-0.2, 0) is 0 Å². The summed E-state index contributed by atoms with van der Waals surface area (Å²) in [7, 11) is 0. The minimum Gasteiger partial charge on any atom is -0.370 e. The average molecular weight is 308 g/mol. The van der Waals surface area contributed by atoms with Crippen LogP contribution in [0.25, 0.3) is 0 Å². The molecule has 2 atom stereocenters. The van der Waals surface area contributed by atoms with Gasteiger partial charge in [-0.25, -0.2) is 0 Å². The van der Waals surface area contributed by atoms with Gasteiger partial charge in [-0.3, -0.25) is 0 Å². The van der Waals surface area contributed by atoms with Crippen LogP contribution in [0, 0.1) is 17.2 Å². The lowest BCUT2D eigenvalue weighted by atomic mass is 9.91. The molecular weight excluding hydrogens is 290 g/mol. The molecule has 2 rings (SSSR count). The summed E-state index contributed by atoms with van der Waals surface area (Å²) in [5, 5.41) is 9.20. The Morgan fingerprint density at radius 2 is 2.33 bits per heavy atom. The molecule has 1 fully saturated rings. The first-order valence-electron chi connectivity index (χ1n) is 6.32. The normalized spacial score (nSPS) is 21.4. The van der Waals surface area contributed by atoms with Crippen molar-refractivity contribution in [3.63, 3.8) is 0 Å². The Bertz CT molecular complexity index is 465. The van der Waals surface area contributed by atoms with Crippen molar-refractivity contribution in [2.75, 3.05) is 18.0 Å². The second-order valence-electron chi connectivity index (χ2n) is 4.98. The van der Waals surface area contributed by atoms with E-state index in [1.807, 2.05) is 18.2 Å². The fourth-order valence-electron chi connectivity index (χ4n) is 2.52. The minimum atomic E-state index is 0.213. The summed E-state index contributed by atoms with van der Waals surface area (Å²) in [5.41, 5.74) is 7.77. The monoisotopic (exact) mass is 307 g/mol. The van der Waals surface area contributed by atoms with Gasteiger partial charge in [0.1, 0.15) is 6.07 Å². The first-order valence-corrected chi connectivity index (χ1v) is 7.11. The summed E-state index contributed by atoms with van der Waals surface area (Å²) >= 11 is 3.48. The third kappa shape index (κ3) is 2.85. The summed E-state index contributed by atoms with van der Waals surface area (Å²) in [6.45, 7) is 4.03.